The summed E-state index contributed by atoms with van der Waals surface area (Å²) >= 11 is 0. The predicted octanol–water partition coefficient (Wildman–Crippen LogP) is 3.06. The van der Waals surface area contributed by atoms with Crippen LogP contribution >= 0.6 is 0 Å². The van der Waals surface area contributed by atoms with Gasteiger partial charge in [-0.25, -0.2) is 0 Å². The van der Waals surface area contributed by atoms with E-state index >= 15 is 0 Å². The highest BCUT2D eigenvalue weighted by Crippen LogP contribution is 2.22. The maximum atomic E-state index is 9.94. The topological polar surface area (TPSA) is 35.5 Å². The highest BCUT2D eigenvalue weighted by Gasteiger charge is 2.18. The van der Waals surface area contributed by atoms with Gasteiger partial charge in [-0.3, -0.25) is 4.90 Å². The lowest BCUT2D eigenvalue weighted by atomic mass is 10.1. The third-order valence-corrected chi connectivity index (χ3v) is 4.08. The van der Waals surface area contributed by atoms with Crippen molar-refractivity contribution in [1.82, 2.24) is 4.90 Å². The lowest BCUT2D eigenvalue weighted by molar-refractivity contribution is -0.0208. The van der Waals surface area contributed by atoms with Crippen LogP contribution in [0.4, 0.5) is 5.69 Å². The standard InChI is InChI=1S/C17H22N2O/c20-17-10-3-4-12-19(17)13-11-18-16-9-5-7-14-6-1-2-8-15(14)16/h1-2,5-9,17-18,20H,3-4,10-13H2/t17-/m0/s1. The smallest absolute Gasteiger partial charge is 0.107 e. The third kappa shape index (κ3) is 2.94. The van der Waals surface area contributed by atoms with E-state index in [9.17, 15) is 5.11 Å². The minimum atomic E-state index is -0.252. The van der Waals surface area contributed by atoms with E-state index in [-0.39, 0.29) is 6.23 Å². The molecule has 1 saturated heterocycles. The molecule has 0 amide bonds. The van der Waals surface area contributed by atoms with Gasteiger partial charge in [-0.1, -0.05) is 36.4 Å². The Hall–Kier alpha value is -1.58. The van der Waals surface area contributed by atoms with Crippen LogP contribution in [-0.2, 0) is 0 Å². The van der Waals surface area contributed by atoms with E-state index in [1.165, 1.54) is 22.9 Å². The summed E-state index contributed by atoms with van der Waals surface area (Å²) in [5, 5.41) is 16.0. The zero-order valence-electron chi connectivity index (χ0n) is 11.8. The number of benzene rings is 2. The van der Waals surface area contributed by atoms with Gasteiger partial charge in [-0.15, -0.1) is 0 Å². The number of likely N-dealkylation sites (tertiary alicyclic amines) is 1. The molecular formula is C17H22N2O. The van der Waals surface area contributed by atoms with Crippen LogP contribution in [0.25, 0.3) is 10.8 Å². The number of hydrogen-bond donors (Lipinski definition) is 2. The van der Waals surface area contributed by atoms with Crippen LogP contribution in [0.2, 0.25) is 0 Å². The van der Waals surface area contributed by atoms with Crippen molar-refractivity contribution in [1.29, 1.82) is 0 Å². The highest BCUT2D eigenvalue weighted by atomic mass is 16.3. The summed E-state index contributed by atoms with van der Waals surface area (Å²) in [6, 6.07) is 14.8. The Kier molecular flexibility index (Phi) is 4.19. The Morgan fingerprint density at radius 2 is 1.95 bits per heavy atom. The molecule has 1 aliphatic heterocycles. The first-order valence-corrected chi connectivity index (χ1v) is 7.48. The quantitative estimate of drug-likeness (QED) is 0.896. The molecule has 1 fully saturated rings. The zero-order valence-corrected chi connectivity index (χ0v) is 11.8. The molecule has 3 rings (SSSR count). The van der Waals surface area contributed by atoms with Crippen molar-refractivity contribution >= 4 is 16.5 Å². The van der Waals surface area contributed by atoms with E-state index < -0.39 is 0 Å². The SMILES string of the molecule is O[C@H]1CCCCN1CCNc1cccc2ccccc12. The lowest BCUT2D eigenvalue weighted by Crippen LogP contribution is -2.41. The largest absolute Gasteiger partial charge is 0.383 e. The van der Waals surface area contributed by atoms with Crippen molar-refractivity contribution in [3.8, 4) is 0 Å². The molecule has 2 N–H and O–H groups in total. The molecule has 0 aromatic heterocycles. The first-order chi connectivity index (χ1) is 9.84. The second-order valence-corrected chi connectivity index (χ2v) is 5.47. The summed E-state index contributed by atoms with van der Waals surface area (Å²) in [6.07, 6.45) is 3.01. The maximum absolute atomic E-state index is 9.94. The summed E-state index contributed by atoms with van der Waals surface area (Å²) in [4.78, 5) is 2.17. The maximum Gasteiger partial charge on any atom is 0.107 e. The molecule has 0 saturated carbocycles. The van der Waals surface area contributed by atoms with Gasteiger partial charge in [-0.2, -0.15) is 0 Å². The van der Waals surface area contributed by atoms with Crippen LogP contribution < -0.4 is 5.32 Å². The lowest BCUT2D eigenvalue weighted by Gasteiger charge is -2.32. The molecular weight excluding hydrogens is 248 g/mol. The van der Waals surface area contributed by atoms with Crippen molar-refractivity contribution in [2.24, 2.45) is 0 Å². The van der Waals surface area contributed by atoms with Crippen LogP contribution in [0.15, 0.2) is 42.5 Å². The summed E-state index contributed by atoms with van der Waals surface area (Å²) in [6.45, 7) is 2.77. The van der Waals surface area contributed by atoms with E-state index in [1.54, 1.807) is 0 Å². The molecule has 106 valence electrons. The van der Waals surface area contributed by atoms with Gasteiger partial charge in [0.2, 0.25) is 0 Å². The number of anilines is 1. The molecule has 2 aromatic rings. The van der Waals surface area contributed by atoms with Crippen molar-refractivity contribution < 1.29 is 5.11 Å². The first-order valence-electron chi connectivity index (χ1n) is 7.48. The number of nitrogens with zero attached hydrogens (tertiary/aromatic N) is 1. The second-order valence-electron chi connectivity index (χ2n) is 5.47. The molecule has 0 aliphatic carbocycles. The predicted molar refractivity (Wildman–Crippen MR) is 83.9 cm³/mol. The van der Waals surface area contributed by atoms with Crippen LogP contribution in [0.1, 0.15) is 19.3 Å². The van der Waals surface area contributed by atoms with E-state index in [1.807, 2.05) is 0 Å². The third-order valence-electron chi connectivity index (χ3n) is 4.08. The van der Waals surface area contributed by atoms with Crippen molar-refractivity contribution in [3.05, 3.63) is 42.5 Å². The minimum absolute atomic E-state index is 0.252. The number of aliphatic hydroxyl groups excluding tert-OH is 1. The van der Waals surface area contributed by atoms with Crippen LogP contribution in [-0.4, -0.2) is 35.9 Å². The van der Waals surface area contributed by atoms with Gasteiger partial charge in [0.1, 0.15) is 6.23 Å². The minimum Gasteiger partial charge on any atom is -0.383 e. The molecule has 1 atom stereocenters. The van der Waals surface area contributed by atoms with Gasteiger partial charge < -0.3 is 10.4 Å². The van der Waals surface area contributed by atoms with Gasteiger partial charge in [-0.05, 0) is 30.7 Å². The highest BCUT2D eigenvalue weighted by molar-refractivity contribution is 5.93. The van der Waals surface area contributed by atoms with Crippen molar-refractivity contribution in [2.75, 3.05) is 25.0 Å². The molecule has 1 heterocycles. The van der Waals surface area contributed by atoms with Gasteiger partial charge in [0.15, 0.2) is 0 Å². The number of piperidine rings is 1. The molecule has 20 heavy (non-hydrogen) atoms. The van der Waals surface area contributed by atoms with Gasteiger partial charge in [0.05, 0.1) is 0 Å². The molecule has 0 spiro atoms. The second kappa shape index (κ2) is 6.25. The fourth-order valence-electron chi connectivity index (χ4n) is 2.95. The number of nitrogens with one attached hydrogen (secondary N) is 1. The number of rotatable bonds is 4. The molecule has 2 aromatic carbocycles. The summed E-state index contributed by atoms with van der Waals surface area (Å²) in [5.41, 5.74) is 1.18. The van der Waals surface area contributed by atoms with Gasteiger partial charge in [0, 0.05) is 30.7 Å². The number of fused-ring (bicyclic) bond motifs is 1. The van der Waals surface area contributed by atoms with E-state index in [4.69, 9.17) is 0 Å². The molecule has 0 bridgehead atoms. The Bertz CT molecular complexity index is 564. The monoisotopic (exact) mass is 270 g/mol. The van der Waals surface area contributed by atoms with E-state index in [0.717, 1.165) is 32.5 Å². The normalized spacial score (nSPS) is 20.1. The fourth-order valence-corrected chi connectivity index (χ4v) is 2.95. The number of hydrogen-bond acceptors (Lipinski definition) is 3. The Balaban J connectivity index is 1.62. The van der Waals surface area contributed by atoms with Gasteiger partial charge in [0.25, 0.3) is 0 Å². The van der Waals surface area contributed by atoms with Crippen molar-refractivity contribution in [2.45, 2.75) is 25.5 Å². The summed E-state index contributed by atoms with van der Waals surface area (Å²) in [5.74, 6) is 0. The summed E-state index contributed by atoms with van der Waals surface area (Å²) < 4.78 is 0. The zero-order chi connectivity index (χ0) is 13.8. The number of aliphatic hydroxyl groups is 1. The molecule has 3 heteroatoms. The average Bonchev–Trinajstić information content (AvgIpc) is 2.49. The van der Waals surface area contributed by atoms with Crippen LogP contribution in [0.5, 0.6) is 0 Å². The molecule has 1 aliphatic rings. The Morgan fingerprint density at radius 1 is 1.10 bits per heavy atom. The first kappa shape index (κ1) is 13.4. The molecule has 0 unspecified atom stereocenters. The summed E-state index contributed by atoms with van der Waals surface area (Å²) in [7, 11) is 0. The molecule has 3 nitrogen and oxygen atoms in total. The molecule has 0 radical (unpaired) electrons. The van der Waals surface area contributed by atoms with Gasteiger partial charge >= 0.3 is 0 Å². The van der Waals surface area contributed by atoms with Crippen LogP contribution in [0.3, 0.4) is 0 Å². The average molecular weight is 270 g/mol. The Labute approximate surface area is 120 Å². The van der Waals surface area contributed by atoms with E-state index in [2.05, 4.69) is 52.7 Å². The van der Waals surface area contributed by atoms with E-state index in [0.29, 0.717) is 0 Å². The van der Waals surface area contributed by atoms with Crippen LogP contribution in [0, 0.1) is 0 Å². The fraction of sp³-hybridized carbons (Fsp3) is 0.412. The Morgan fingerprint density at radius 3 is 2.85 bits per heavy atom. The van der Waals surface area contributed by atoms with Crippen molar-refractivity contribution in [3.63, 3.8) is 0 Å².